The molecule has 1 atom stereocenters. The number of rotatable bonds is 3. The smallest absolute Gasteiger partial charge is 0.408 e. The molecule has 1 heterocycles. The molecule has 0 bridgehead atoms. The van der Waals surface area contributed by atoms with Crippen LogP contribution in [-0.2, 0) is 13.5 Å². The molecule has 3 nitrogen and oxygen atoms in total. The maximum atomic E-state index is 11.5. The minimum absolute atomic E-state index is 0.168. The Bertz CT molecular complexity index is 851. The highest BCUT2D eigenvalue weighted by Gasteiger charge is 2.12. The van der Waals surface area contributed by atoms with Crippen molar-refractivity contribution in [3.63, 3.8) is 0 Å². The second kappa shape index (κ2) is 5.81. The summed E-state index contributed by atoms with van der Waals surface area (Å²) in [7, 11) is 1.71. The lowest BCUT2D eigenvalue weighted by atomic mass is 10.0. The second-order valence-corrected chi connectivity index (χ2v) is 6.98. The number of oxazole rings is 1. The molecule has 3 rings (SSSR count). The van der Waals surface area contributed by atoms with Crippen LogP contribution in [0.1, 0.15) is 16.0 Å². The van der Waals surface area contributed by atoms with Gasteiger partial charge in [0.05, 0.1) is 5.52 Å². The van der Waals surface area contributed by atoms with Crippen LogP contribution in [0.3, 0.4) is 0 Å². The summed E-state index contributed by atoms with van der Waals surface area (Å²) >= 11 is 7.20. The number of aryl methyl sites for hydroxylation is 1. The first-order chi connectivity index (χ1) is 10.0. The third-order valence-corrected chi connectivity index (χ3v) is 4.83. The van der Waals surface area contributed by atoms with Crippen molar-refractivity contribution in [2.45, 2.75) is 11.2 Å². The summed E-state index contributed by atoms with van der Waals surface area (Å²) in [6, 6.07) is 14.1. The number of hydrogen-bond acceptors (Lipinski definition) is 2. The monoisotopic (exact) mass is 409 g/mol. The zero-order valence-electron chi connectivity index (χ0n) is 11.3. The molecule has 0 amide bonds. The predicted octanol–water partition coefficient (Wildman–Crippen LogP) is 4.57. The van der Waals surface area contributed by atoms with Gasteiger partial charge in [0.25, 0.3) is 0 Å². The van der Waals surface area contributed by atoms with Crippen molar-refractivity contribution in [1.29, 1.82) is 0 Å². The van der Waals surface area contributed by atoms with Crippen LogP contribution in [-0.4, -0.2) is 4.57 Å². The van der Waals surface area contributed by atoms with E-state index >= 15 is 0 Å². The maximum Gasteiger partial charge on any atom is 0.419 e. The maximum absolute atomic E-state index is 11.5. The number of alkyl halides is 1. The molecule has 0 radical (unpaired) electrons. The summed E-state index contributed by atoms with van der Waals surface area (Å²) in [5.41, 5.74) is 3.77. The third-order valence-electron chi connectivity index (χ3n) is 3.48. The molecule has 2 aromatic carbocycles. The van der Waals surface area contributed by atoms with Gasteiger partial charge in [-0.15, -0.1) is 0 Å². The fourth-order valence-electron chi connectivity index (χ4n) is 2.33. The highest BCUT2D eigenvalue weighted by Crippen LogP contribution is 2.30. The molecule has 5 heteroatoms. The molecule has 1 unspecified atom stereocenters. The van der Waals surface area contributed by atoms with Crippen LogP contribution in [0, 0.1) is 0 Å². The van der Waals surface area contributed by atoms with Gasteiger partial charge in [0, 0.05) is 16.3 Å². The van der Waals surface area contributed by atoms with Gasteiger partial charge in [0.1, 0.15) is 0 Å². The van der Waals surface area contributed by atoms with E-state index < -0.39 is 0 Å². The quantitative estimate of drug-likeness (QED) is 0.592. The van der Waals surface area contributed by atoms with Crippen LogP contribution in [0.5, 0.6) is 0 Å². The Hall–Kier alpha value is -1.33. The van der Waals surface area contributed by atoms with Crippen molar-refractivity contribution in [3.8, 4) is 0 Å². The van der Waals surface area contributed by atoms with Crippen molar-refractivity contribution in [2.75, 3.05) is 0 Å². The van der Waals surface area contributed by atoms with Crippen molar-refractivity contribution in [1.82, 2.24) is 4.57 Å². The lowest BCUT2D eigenvalue weighted by Gasteiger charge is -2.10. The van der Waals surface area contributed by atoms with Crippen molar-refractivity contribution in [3.05, 3.63) is 68.6 Å². The Morgan fingerprint density at radius 3 is 2.81 bits per heavy atom. The SMILES string of the molecule is Cn1c(=O)oc2cc(C(Br)Cc3cccc(Br)c3)ccc21. The van der Waals surface area contributed by atoms with E-state index in [2.05, 4.69) is 44.0 Å². The Morgan fingerprint density at radius 1 is 1.24 bits per heavy atom. The van der Waals surface area contributed by atoms with E-state index in [9.17, 15) is 4.79 Å². The van der Waals surface area contributed by atoms with Crippen molar-refractivity contribution in [2.24, 2.45) is 7.05 Å². The number of fused-ring (bicyclic) bond motifs is 1. The molecule has 1 aromatic heterocycles. The number of benzene rings is 2. The first kappa shape index (κ1) is 14.6. The number of aromatic nitrogens is 1. The summed E-state index contributed by atoms with van der Waals surface area (Å²) in [4.78, 5) is 11.7. The predicted molar refractivity (Wildman–Crippen MR) is 91.0 cm³/mol. The standard InChI is InChI=1S/C16H13Br2NO2/c1-19-14-6-5-11(9-15(14)21-16(19)20)13(18)8-10-3-2-4-12(17)7-10/h2-7,9,13H,8H2,1H3. The first-order valence-electron chi connectivity index (χ1n) is 6.52. The van der Waals surface area contributed by atoms with Crippen LogP contribution in [0.4, 0.5) is 0 Å². The molecule has 3 aromatic rings. The van der Waals surface area contributed by atoms with Gasteiger partial charge >= 0.3 is 5.76 Å². The van der Waals surface area contributed by atoms with Crippen LogP contribution >= 0.6 is 31.9 Å². The molecular weight excluding hydrogens is 398 g/mol. The highest BCUT2D eigenvalue weighted by molar-refractivity contribution is 9.10. The van der Waals surface area contributed by atoms with Crippen LogP contribution in [0.25, 0.3) is 11.1 Å². The average molecular weight is 411 g/mol. The molecule has 0 aliphatic rings. The van der Waals surface area contributed by atoms with Crippen LogP contribution in [0.15, 0.2) is 56.1 Å². The summed E-state index contributed by atoms with van der Waals surface area (Å²) in [6.45, 7) is 0. The summed E-state index contributed by atoms with van der Waals surface area (Å²) in [5.74, 6) is -0.333. The zero-order valence-corrected chi connectivity index (χ0v) is 14.5. The zero-order chi connectivity index (χ0) is 15.0. The molecule has 0 saturated heterocycles. The van der Waals surface area contributed by atoms with Gasteiger partial charge in [0.15, 0.2) is 5.58 Å². The fraction of sp³-hybridized carbons (Fsp3) is 0.188. The van der Waals surface area contributed by atoms with Crippen molar-refractivity contribution >= 4 is 43.0 Å². The van der Waals surface area contributed by atoms with Crippen molar-refractivity contribution < 1.29 is 4.42 Å². The molecular formula is C16H13Br2NO2. The average Bonchev–Trinajstić information content (AvgIpc) is 2.73. The fourth-order valence-corrected chi connectivity index (χ4v) is 3.44. The number of halogens is 2. The van der Waals surface area contributed by atoms with Gasteiger partial charge in [-0.3, -0.25) is 4.57 Å². The minimum Gasteiger partial charge on any atom is -0.408 e. The normalized spacial score (nSPS) is 12.7. The molecule has 0 fully saturated rings. The number of hydrogen-bond donors (Lipinski definition) is 0. The first-order valence-corrected chi connectivity index (χ1v) is 8.23. The Balaban J connectivity index is 1.91. The Kier molecular flexibility index (Phi) is 4.04. The largest absolute Gasteiger partial charge is 0.419 e. The summed E-state index contributed by atoms with van der Waals surface area (Å²) in [6.07, 6.45) is 0.863. The topological polar surface area (TPSA) is 35.1 Å². The Labute approximate surface area is 138 Å². The summed E-state index contributed by atoms with van der Waals surface area (Å²) < 4.78 is 7.82. The lowest BCUT2D eigenvalue weighted by molar-refractivity contribution is 0.528. The van der Waals surface area contributed by atoms with Crippen LogP contribution < -0.4 is 5.76 Å². The molecule has 0 N–H and O–H groups in total. The van der Waals surface area contributed by atoms with Gasteiger partial charge in [-0.1, -0.05) is 50.1 Å². The van der Waals surface area contributed by atoms with Gasteiger partial charge in [0.2, 0.25) is 0 Å². The lowest BCUT2D eigenvalue weighted by Crippen LogP contribution is -2.08. The van der Waals surface area contributed by atoms with Gasteiger partial charge in [-0.05, 0) is 41.8 Å². The van der Waals surface area contributed by atoms with E-state index in [1.807, 2.05) is 30.3 Å². The van der Waals surface area contributed by atoms with Gasteiger partial charge in [-0.2, -0.15) is 0 Å². The molecule has 0 spiro atoms. The third kappa shape index (κ3) is 2.99. The molecule has 21 heavy (non-hydrogen) atoms. The number of nitrogens with zero attached hydrogens (tertiary/aromatic N) is 1. The Morgan fingerprint density at radius 2 is 2.05 bits per heavy atom. The van der Waals surface area contributed by atoms with E-state index in [-0.39, 0.29) is 10.6 Å². The van der Waals surface area contributed by atoms with E-state index in [0.717, 1.165) is 22.0 Å². The van der Waals surface area contributed by atoms with E-state index in [4.69, 9.17) is 4.42 Å². The second-order valence-electron chi connectivity index (χ2n) is 4.96. The minimum atomic E-state index is -0.333. The van der Waals surface area contributed by atoms with Gasteiger partial charge in [-0.25, -0.2) is 4.79 Å². The van der Waals surface area contributed by atoms with E-state index in [1.165, 1.54) is 10.1 Å². The molecule has 108 valence electrons. The van der Waals surface area contributed by atoms with E-state index in [1.54, 1.807) is 7.05 Å². The van der Waals surface area contributed by atoms with E-state index in [0.29, 0.717) is 5.58 Å². The molecule has 0 saturated carbocycles. The molecule has 0 aliphatic heterocycles. The van der Waals surface area contributed by atoms with Gasteiger partial charge < -0.3 is 4.42 Å². The highest BCUT2D eigenvalue weighted by atomic mass is 79.9. The molecule has 0 aliphatic carbocycles. The van der Waals surface area contributed by atoms with Crippen LogP contribution in [0.2, 0.25) is 0 Å². The summed E-state index contributed by atoms with van der Waals surface area (Å²) in [5, 5.41) is 0.